The number of aliphatic carboxylic acids is 1. The lowest BCUT2D eigenvalue weighted by molar-refractivity contribution is -0.147. The van der Waals surface area contributed by atoms with Gasteiger partial charge in [0.2, 0.25) is 0 Å². The maximum atomic E-state index is 10.9. The number of anilines is 1. The Hall–Kier alpha value is -1.51. The third kappa shape index (κ3) is 14.8. The van der Waals surface area contributed by atoms with Gasteiger partial charge in [0.15, 0.2) is 0 Å². The number of carboxylic acid groups (broad SMARTS) is 1. The SMILES string of the molecule is CCCCCCCCCCCCCC(C)(C)C(=O)O.Nc1ccccc1. The first-order valence-corrected chi connectivity index (χ1v) is 10.4. The number of rotatable bonds is 13. The lowest BCUT2D eigenvalue weighted by atomic mass is 9.87. The van der Waals surface area contributed by atoms with Crippen molar-refractivity contribution in [3.8, 4) is 0 Å². The smallest absolute Gasteiger partial charge is 0.309 e. The van der Waals surface area contributed by atoms with Crippen LogP contribution in [0.2, 0.25) is 0 Å². The largest absolute Gasteiger partial charge is 0.481 e. The standard InChI is InChI=1S/C17H34O2.C6H7N/c1-4-5-6-7-8-9-10-11-12-13-14-15-17(2,3)16(18)19;7-6-4-2-1-3-5-6/h4-15H2,1-3H3,(H,18,19);1-5H,7H2. The van der Waals surface area contributed by atoms with Crippen LogP contribution >= 0.6 is 0 Å². The van der Waals surface area contributed by atoms with Gasteiger partial charge in [0.05, 0.1) is 5.41 Å². The number of unbranched alkanes of at least 4 members (excludes halogenated alkanes) is 10. The molecule has 1 aromatic rings. The maximum Gasteiger partial charge on any atom is 0.309 e. The summed E-state index contributed by atoms with van der Waals surface area (Å²) in [6.07, 6.45) is 15.3. The highest BCUT2D eigenvalue weighted by Crippen LogP contribution is 2.24. The van der Waals surface area contributed by atoms with Gasteiger partial charge >= 0.3 is 5.97 Å². The molecular formula is C23H41NO2. The Kier molecular flexibility index (Phi) is 14.8. The van der Waals surface area contributed by atoms with Gasteiger partial charge in [-0.15, -0.1) is 0 Å². The number of nitrogens with two attached hydrogens (primary N) is 1. The van der Waals surface area contributed by atoms with Crippen molar-refractivity contribution < 1.29 is 9.90 Å². The summed E-state index contributed by atoms with van der Waals surface area (Å²) in [6.45, 7) is 5.91. The minimum atomic E-state index is -0.667. The lowest BCUT2D eigenvalue weighted by Crippen LogP contribution is -2.23. The van der Waals surface area contributed by atoms with Gasteiger partial charge in [-0.1, -0.05) is 95.8 Å². The van der Waals surface area contributed by atoms with Crippen molar-refractivity contribution in [3.63, 3.8) is 0 Å². The van der Waals surface area contributed by atoms with E-state index < -0.39 is 11.4 Å². The fraction of sp³-hybridized carbons (Fsp3) is 0.696. The Morgan fingerprint density at radius 2 is 1.27 bits per heavy atom. The molecule has 0 unspecified atom stereocenters. The van der Waals surface area contributed by atoms with E-state index in [9.17, 15) is 4.79 Å². The Labute approximate surface area is 161 Å². The van der Waals surface area contributed by atoms with E-state index >= 15 is 0 Å². The normalized spacial score (nSPS) is 10.9. The Bertz CT molecular complexity index is 443. The van der Waals surface area contributed by atoms with Crippen LogP contribution in [-0.2, 0) is 4.79 Å². The molecule has 3 heteroatoms. The molecule has 0 atom stereocenters. The molecule has 26 heavy (non-hydrogen) atoms. The zero-order chi connectivity index (χ0) is 19.7. The van der Waals surface area contributed by atoms with Crippen LogP contribution in [0.3, 0.4) is 0 Å². The molecule has 0 bridgehead atoms. The minimum absolute atomic E-state index is 0.542. The summed E-state index contributed by atoms with van der Waals surface area (Å²) in [5, 5.41) is 9.00. The molecule has 0 saturated carbocycles. The Morgan fingerprint density at radius 1 is 0.846 bits per heavy atom. The van der Waals surface area contributed by atoms with Crippen molar-refractivity contribution in [2.45, 2.75) is 97.8 Å². The first-order chi connectivity index (χ1) is 12.4. The Balaban J connectivity index is 0.000000735. The van der Waals surface area contributed by atoms with Gasteiger partial charge in [0, 0.05) is 5.69 Å². The van der Waals surface area contributed by atoms with Gasteiger partial charge in [-0.3, -0.25) is 4.79 Å². The van der Waals surface area contributed by atoms with Gasteiger partial charge < -0.3 is 10.8 Å². The lowest BCUT2D eigenvalue weighted by Gasteiger charge is -2.18. The minimum Gasteiger partial charge on any atom is -0.481 e. The van der Waals surface area contributed by atoms with Crippen LogP contribution in [0.25, 0.3) is 0 Å². The molecule has 0 aromatic heterocycles. The van der Waals surface area contributed by atoms with E-state index in [4.69, 9.17) is 10.8 Å². The highest BCUT2D eigenvalue weighted by Gasteiger charge is 2.25. The van der Waals surface area contributed by atoms with Crippen LogP contribution in [0, 0.1) is 5.41 Å². The number of hydrogen-bond acceptors (Lipinski definition) is 2. The van der Waals surface area contributed by atoms with Gasteiger partial charge in [0.25, 0.3) is 0 Å². The molecule has 0 amide bonds. The molecule has 0 heterocycles. The van der Waals surface area contributed by atoms with Crippen molar-refractivity contribution in [3.05, 3.63) is 30.3 Å². The van der Waals surface area contributed by atoms with Gasteiger partial charge in [-0.05, 0) is 32.4 Å². The number of benzene rings is 1. The van der Waals surface area contributed by atoms with E-state index in [-0.39, 0.29) is 0 Å². The molecule has 0 saturated heterocycles. The van der Waals surface area contributed by atoms with E-state index in [2.05, 4.69) is 6.92 Å². The van der Waals surface area contributed by atoms with E-state index in [0.29, 0.717) is 0 Å². The monoisotopic (exact) mass is 363 g/mol. The fourth-order valence-corrected chi connectivity index (χ4v) is 2.79. The molecule has 3 nitrogen and oxygen atoms in total. The second-order valence-corrected chi connectivity index (χ2v) is 7.89. The Morgan fingerprint density at radius 3 is 1.62 bits per heavy atom. The average molecular weight is 364 g/mol. The maximum absolute atomic E-state index is 10.9. The topological polar surface area (TPSA) is 63.3 Å². The quantitative estimate of drug-likeness (QED) is 0.291. The summed E-state index contributed by atoms with van der Waals surface area (Å²) in [5.74, 6) is -0.667. The third-order valence-corrected chi connectivity index (χ3v) is 4.78. The molecule has 1 aromatic carbocycles. The summed E-state index contributed by atoms with van der Waals surface area (Å²) >= 11 is 0. The van der Waals surface area contributed by atoms with Gasteiger partial charge in [-0.25, -0.2) is 0 Å². The van der Waals surface area contributed by atoms with Gasteiger partial charge in [-0.2, -0.15) is 0 Å². The highest BCUT2D eigenvalue weighted by molar-refractivity contribution is 5.73. The third-order valence-electron chi connectivity index (χ3n) is 4.78. The summed E-state index contributed by atoms with van der Waals surface area (Å²) < 4.78 is 0. The summed E-state index contributed by atoms with van der Waals surface area (Å²) in [6, 6.07) is 9.49. The van der Waals surface area contributed by atoms with Crippen LogP contribution in [-0.4, -0.2) is 11.1 Å². The number of hydrogen-bond donors (Lipinski definition) is 2. The molecule has 0 radical (unpaired) electrons. The highest BCUT2D eigenvalue weighted by atomic mass is 16.4. The number of carboxylic acids is 1. The average Bonchev–Trinajstić information content (AvgIpc) is 2.60. The number of para-hydroxylation sites is 1. The van der Waals surface area contributed by atoms with Crippen molar-refractivity contribution >= 4 is 11.7 Å². The predicted octanol–water partition coefficient (Wildman–Crippen LogP) is 7.07. The van der Waals surface area contributed by atoms with Crippen LogP contribution in [0.5, 0.6) is 0 Å². The van der Waals surface area contributed by atoms with Crippen molar-refractivity contribution in [1.82, 2.24) is 0 Å². The fourth-order valence-electron chi connectivity index (χ4n) is 2.79. The molecule has 150 valence electrons. The van der Waals surface area contributed by atoms with Crippen molar-refractivity contribution in [2.75, 3.05) is 5.73 Å². The molecule has 1 rings (SSSR count). The van der Waals surface area contributed by atoms with Crippen LogP contribution in [0.1, 0.15) is 97.8 Å². The first kappa shape index (κ1) is 24.5. The van der Waals surface area contributed by atoms with Crippen molar-refractivity contribution in [2.24, 2.45) is 5.41 Å². The first-order valence-electron chi connectivity index (χ1n) is 10.4. The zero-order valence-electron chi connectivity index (χ0n) is 17.3. The van der Waals surface area contributed by atoms with E-state index in [0.717, 1.165) is 18.5 Å². The predicted molar refractivity (Wildman–Crippen MR) is 113 cm³/mol. The molecule has 3 N–H and O–H groups in total. The summed E-state index contributed by atoms with van der Waals surface area (Å²) in [4.78, 5) is 10.9. The van der Waals surface area contributed by atoms with E-state index in [1.54, 1.807) is 0 Å². The van der Waals surface area contributed by atoms with E-state index in [1.165, 1.54) is 64.2 Å². The number of nitrogen functional groups attached to an aromatic ring is 1. The van der Waals surface area contributed by atoms with E-state index in [1.807, 2.05) is 44.2 Å². The van der Waals surface area contributed by atoms with Crippen LogP contribution < -0.4 is 5.73 Å². The molecule has 0 aliphatic heterocycles. The van der Waals surface area contributed by atoms with Crippen LogP contribution in [0.4, 0.5) is 5.69 Å². The second kappa shape index (κ2) is 15.7. The molecule has 0 aliphatic carbocycles. The molecule has 0 spiro atoms. The zero-order valence-corrected chi connectivity index (χ0v) is 17.3. The second-order valence-electron chi connectivity index (χ2n) is 7.89. The molecular weight excluding hydrogens is 322 g/mol. The summed E-state index contributed by atoms with van der Waals surface area (Å²) in [5.41, 5.74) is 5.64. The van der Waals surface area contributed by atoms with Crippen molar-refractivity contribution in [1.29, 1.82) is 0 Å². The van der Waals surface area contributed by atoms with Crippen LogP contribution in [0.15, 0.2) is 30.3 Å². The summed E-state index contributed by atoms with van der Waals surface area (Å²) in [7, 11) is 0. The number of carbonyl (C=O) groups is 1. The van der Waals surface area contributed by atoms with Gasteiger partial charge in [0.1, 0.15) is 0 Å². The molecule has 0 fully saturated rings. The molecule has 0 aliphatic rings.